The fourth-order valence-corrected chi connectivity index (χ4v) is 4.22. The average Bonchev–Trinajstić information content (AvgIpc) is 3.13. The lowest BCUT2D eigenvalue weighted by Gasteiger charge is -2.34. The fraction of sp³-hybridized carbons (Fsp3) is 0.400. The van der Waals surface area contributed by atoms with E-state index in [0.29, 0.717) is 52.6 Å². The smallest absolute Gasteiger partial charge is 0.254 e. The van der Waals surface area contributed by atoms with Crippen LogP contribution in [0.1, 0.15) is 29.9 Å². The average molecular weight is 469 g/mol. The Balaban J connectivity index is 1.52. The van der Waals surface area contributed by atoms with Crippen LogP contribution in [0.15, 0.2) is 23.6 Å². The third kappa shape index (κ3) is 5.71. The first kappa shape index (κ1) is 22.5. The second-order valence-electron chi connectivity index (χ2n) is 7.30. The molecule has 0 aliphatic carbocycles. The minimum absolute atomic E-state index is 0.0556. The van der Waals surface area contributed by atoms with E-state index in [1.54, 1.807) is 47.2 Å². The van der Waals surface area contributed by atoms with Gasteiger partial charge in [0.2, 0.25) is 11.8 Å². The molecule has 1 N–H and O–H groups in total. The van der Waals surface area contributed by atoms with E-state index in [0.717, 1.165) is 0 Å². The fourth-order valence-electron chi connectivity index (χ4n) is 2.98. The van der Waals surface area contributed by atoms with Crippen molar-refractivity contribution in [3.05, 3.63) is 44.9 Å². The molecule has 3 amide bonds. The Morgan fingerprint density at radius 3 is 2.27 bits per heavy atom. The minimum Gasteiger partial charge on any atom is -0.339 e. The van der Waals surface area contributed by atoms with Gasteiger partial charge in [-0.05, 0) is 18.2 Å². The molecule has 1 saturated heterocycles. The number of carbonyl (C=O) groups is 3. The van der Waals surface area contributed by atoms with Gasteiger partial charge < -0.3 is 15.1 Å². The molecule has 10 heteroatoms. The number of thiazole rings is 1. The Bertz CT molecular complexity index is 935. The Morgan fingerprint density at radius 2 is 1.67 bits per heavy atom. The van der Waals surface area contributed by atoms with E-state index in [9.17, 15) is 14.4 Å². The zero-order valence-corrected chi connectivity index (χ0v) is 19.0. The maximum Gasteiger partial charge on any atom is 0.254 e. The molecule has 1 aliphatic rings. The zero-order chi connectivity index (χ0) is 21.8. The monoisotopic (exact) mass is 468 g/mol. The summed E-state index contributed by atoms with van der Waals surface area (Å²) in [6.45, 7) is 5.36. The van der Waals surface area contributed by atoms with Crippen molar-refractivity contribution in [2.45, 2.75) is 20.3 Å². The maximum atomic E-state index is 12.7. The molecule has 0 spiro atoms. The highest BCUT2D eigenvalue weighted by molar-refractivity contribution is 7.13. The van der Waals surface area contributed by atoms with E-state index in [4.69, 9.17) is 23.2 Å². The summed E-state index contributed by atoms with van der Waals surface area (Å²) in [4.78, 5) is 44.8. The summed E-state index contributed by atoms with van der Waals surface area (Å²) >= 11 is 13.3. The van der Waals surface area contributed by atoms with Crippen LogP contribution in [-0.4, -0.2) is 58.7 Å². The van der Waals surface area contributed by atoms with Crippen LogP contribution in [-0.2, 0) is 16.0 Å². The summed E-state index contributed by atoms with van der Waals surface area (Å²) in [5.41, 5.74) is 1.06. The molecule has 2 aromatic rings. The molecule has 0 saturated carbocycles. The summed E-state index contributed by atoms with van der Waals surface area (Å²) in [7, 11) is 0. The Kier molecular flexibility index (Phi) is 7.33. The van der Waals surface area contributed by atoms with Crippen molar-refractivity contribution in [2.24, 2.45) is 5.92 Å². The number of halogens is 2. The summed E-state index contributed by atoms with van der Waals surface area (Å²) < 4.78 is 0. The molecule has 1 aromatic heterocycles. The van der Waals surface area contributed by atoms with Crippen molar-refractivity contribution in [2.75, 3.05) is 31.5 Å². The molecule has 0 atom stereocenters. The molecule has 30 heavy (non-hydrogen) atoms. The van der Waals surface area contributed by atoms with Crippen LogP contribution in [0, 0.1) is 5.92 Å². The SMILES string of the molecule is CC(C)C(=O)Nc1nc(CC(=O)N2CCN(C(=O)c3cc(Cl)cc(Cl)c3)CC2)cs1. The van der Waals surface area contributed by atoms with Crippen LogP contribution in [0.2, 0.25) is 10.0 Å². The zero-order valence-electron chi connectivity index (χ0n) is 16.7. The molecule has 0 radical (unpaired) electrons. The molecule has 0 bridgehead atoms. The van der Waals surface area contributed by atoms with Crippen molar-refractivity contribution < 1.29 is 14.4 Å². The quantitative estimate of drug-likeness (QED) is 0.726. The number of hydrogen-bond acceptors (Lipinski definition) is 5. The van der Waals surface area contributed by atoms with Gasteiger partial charge in [-0.3, -0.25) is 14.4 Å². The van der Waals surface area contributed by atoms with Gasteiger partial charge in [0.05, 0.1) is 12.1 Å². The number of anilines is 1. The number of aromatic nitrogens is 1. The van der Waals surface area contributed by atoms with Crippen molar-refractivity contribution in [3.63, 3.8) is 0 Å². The number of nitrogens with one attached hydrogen (secondary N) is 1. The van der Waals surface area contributed by atoms with Crippen molar-refractivity contribution in [3.8, 4) is 0 Å². The van der Waals surface area contributed by atoms with Gasteiger partial charge in [0.1, 0.15) is 0 Å². The maximum absolute atomic E-state index is 12.7. The Labute approximate surface area is 189 Å². The highest BCUT2D eigenvalue weighted by atomic mass is 35.5. The molecule has 1 fully saturated rings. The molecule has 160 valence electrons. The van der Waals surface area contributed by atoms with E-state index in [2.05, 4.69) is 10.3 Å². The van der Waals surface area contributed by atoms with Crippen LogP contribution < -0.4 is 5.32 Å². The third-order valence-electron chi connectivity index (χ3n) is 4.67. The van der Waals surface area contributed by atoms with E-state index >= 15 is 0 Å². The van der Waals surface area contributed by atoms with Crippen molar-refractivity contribution in [1.82, 2.24) is 14.8 Å². The van der Waals surface area contributed by atoms with Gasteiger partial charge >= 0.3 is 0 Å². The highest BCUT2D eigenvalue weighted by Gasteiger charge is 2.25. The van der Waals surface area contributed by atoms with Crippen LogP contribution in [0.3, 0.4) is 0 Å². The molecular formula is C20H22Cl2N4O3S. The van der Waals surface area contributed by atoms with Gasteiger partial charge in [-0.1, -0.05) is 37.0 Å². The van der Waals surface area contributed by atoms with E-state index in [-0.39, 0.29) is 30.1 Å². The van der Waals surface area contributed by atoms with Crippen LogP contribution in [0.4, 0.5) is 5.13 Å². The molecule has 1 aliphatic heterocycles. The summed E-state index contributed by atoms with van der Waals surface area (Å²) in [6.07, 6.45) is 0.159. The largest absolute Gasteiger partial charge is 0.339 e. The van der Waals surface area contributed by atoms with Gasteiger partial charge in [-0.25, -0.2) is 4.98 Å². The number of rotatable bonds is 5. The molecule has 2 heterocycles. The third-order valence-corrected chi connectivity index (χ3v) is 5.91. The second kappa shape index (κ2) is 9.76. The Hall–Kier alpha value is -2.16. The summed E-state index contributed by atoms with van der Waals surface area (Å²) in [5, 5.41) is 5.82. The first-order chi connectivity index (χ1) is 14.2. The highest BCUT2D eigenvalue weighted by Crippen LogP contribution is 2.21. The Morgan fingerprint density at radius 1 is 1.07 bits per heavy atom. The van der Waals surface area contributed by atoms with Gasteiger partial charge in [-0.15, -0.1) is 11.3 Å². The standard InChI is InChI=1S/C20H22Cl2N4O3S/c1-12(2)18(28)24-20-23-16(11-30-20)10-17(27)25-3-5-26(6-4-25)19(29)13-7-14(21)9-15(22)8-13/h7-9,11-12H,3-6,10H2,1-2H3,(H,23,24,28). The molecule has 0 unspecified atom stereocenters. The first-order valence-electron chi connectivity index (χ1n) is 9.51. The number of nitrogens with zero attached hydrogens (tertiary/aromatic N) is 3. The van der Waals surface area contributed by atoms with Crippen molar-refractivity contribution >= 4 is 57.4 Å². The summed E-state index contributed by atoms with van der Waals surface area (Å²) in [6, 6.07) is 4.75. The number of hydrogen-bond donors (Lipinski definition) is 1. The first-order valence-corrected chi connectivity index (χ1v) is 11.1. The predicted octanol–water partition coefficient (Wildman–Crippen LogP) is 3.57. The minimum atomic E-state index is -0.156. The number of benzene rings is 1. The van der Waals surface area contributed by atoms with Crippen LogP contribution in [0.25, 0.3) is 0 Å². The van der Waals surface area contributed by atoms with Gasteiger partial charge in [0, 0.05) is 53.1 Å². The van der Waals surface area contributed by atoms with Gasteiger partial charge in [0.15, 0.2) is 5.13 Å². The summed E-state index contributed by atoms with van der Waals surface area (Å²) in [5.74, 6) is -0.457. The molecular weight excluding hydrogens is 447 g/mol. The van der Waals surface area contributed by atoms with Gasteiger partial charge in [0.25, 0.3) is 5.91 Å². The lowest BCUT2D eigenvalue weighted by Crippen LogP contribution is -2.51. The number of piperazine rings is 1. The lowest BCUT2D eigenvalue weighted by molar-refractivity contribution is -0.132. The van der Waals surface area contributed by atoms with Crippen LogP contribution in [0.5, 0.6) is 0 Å². The van der Waals surface area contributed by atoms with Crippen LogP contribution >= 0.6 is 34.5 Å². The topological polar surface area (TPSA) is 82.6 Å². The normalized spacial score (nSPS) is 14.2. The number of amides is 3. The molecule has 7 nitrogen and oxygen atoms in total. The van der Waals surface area contributed by atoms with Gasteiger partial charge in [-0.2, -0.15) is 0 Å². The van der Waals surface area contributed by atoms with E-state index in [1.165, 1.54) is 11.3 Å². The second-order valence-corrected chi connectivity index (χ2v) is 9.03. The van der Waals surface area contributed by atoms with E-state index in [1.807, 2.05) is 0 Å². The molecule has 3 rings (SSSR count). The lowest BCUT2D eigenvalue weighted by atomic mass is 10.1. The molecule has 1 aromatic carbocycles. The van der Waals surface area contributed by atoms with Crippen molar-refractivity contribution in [1.29, 1.82) is 0 Å². The number of carbonyl (C=O) groups excluding carboxylic acids is 3. The van der Waals surface area contributed by atoms with E-state index < -0.39 is 0 Å². The predicted molar refractivity (Wildman–Crippen MR) is 118 cm³/mol.